The molecule has 2 aromatic carbocycles. The van der Waals surface area contributed by atoms with E-state index in [2.05, 4.69) is 23.9 Å². The predicted molar refractivity (Wildman–Crippen MR) is 124 cm³/mol. The van der Waals surface area contributed by atoms with Crippen LogP contribution in [0.2, 0.25) is 0 Å². The molecule has 7 nitrogen and oxygen atoms in total. The topological polar surface area (TPSA) is 93.7 Å². The van der Waals surface area contributed by atoms with Gasteiger partial charge in [-0.15, -0.1) is 0 Å². The molecule has 2 aromatic rings. The molecular formula is C24H32N2O5S. The van der Waals surface area contributed by atoms with Crippen LogP contribution >= 0.6 is 0 Å². The number of anilines is 1. The lowest BCUT2D eigenvalue weighted by atomic mass is 9.98. The van der Waals surface area contributed by atoms with Crippen molar-refractivity contribution < 1.29 is 22.7 Å². The van der Waals surface area contributed by atoms with Gasteiger partial charge in [-0.05, 0) is 68.0 Å². The molecule has 1 aliphatic heterocycles. The van der Waals surface area contributed by atoms with Gasteiger partial charge in [-0.25, -0.2) is 13.1 Å². The first kappa shape index (κ1) is 24.2. The van der Waals surface area contributed by atoms with E-state index in [9.17, 15) is 13.2 Å². The third-order valence-corrected chi connectivity index (χ3v) is 7.13. The summed E-state index contributed by atoms with van der Waals surface area (Å²) in [5.74, 6) is 0.712. The summed E-state index contributed by atoms with van der Waals surface area (Å²) >= 11 is 0. The molecule has 3 atom stereocenters. The highest BCUT2D eigenvalue weighted by molar-refractivity contribution is 7.89. The summed E-state index contributed by atoms with van der Waals surface area (Å²) in [7, 11) is -3.63. The van der Waals surface area contributed by atoms with Gasteiger partial charge >= 0.3 is 0 Å². The van der Waals surface area contributed by atoms with E-state index in [-0.39, 0.29) is 23.5 Å². The van der Waals surface area contributed by atoms with E-state index in [1.54, 1.807) is 19.1 Å². The third kappa shape index (κ3) is 6.31. The van der Waals surface area contributed by atoms with E-state index in [1.165, 1.54) is 12.1 Å². The number of ether oxygens (including phenoxy) is 2. The second-order valence-corrected chi connectivity index (χ2v) is 9.87. The molecule has 0 spiro atoms. The van der Waals surface area contributed by atoms with Crippen molar-refractivity contribution in [1.29, 1.82) is 0 Å². The minimum absolute atomic E-state index is 0.0738. The van der Waals surface area contributed by atoms with Crippen LogP contribution in [0.1, 0.15) is 51.5 Å². The molecule has 8 heteroatoms. The smallest absolute Gasteiger partial charge is 0.265 e. The molecule has 3 unspecified atom stereocenters. The zero-order valence-electron chi connectivity index (χ0n) is 18.8. The molecule has 1 fully saturated rings. The summed E-state index contributed by atoms with van der Waals surface area (Å²) < 4.78 is 38.9. The van der Waals surface area contributed by atoms with Crippen molar-refractivity contribution in [3.63, 3.8) is 0 Å². The first-order chi connectivity index (χ1) is 15.3. The molecule has 0 aromatic heterocycles. The van der Waals surface area contributed by atoms with Crippen molar-refractivity contribution >= 4 is 21.6 Å². The zero-order chi connectivity index (χ0) is 23.1. The molecule has 2 N–H and O–H groups in total. The van der Waals surface area contributed by atoms with E-state index < -0.39 is 16.1 Å². The highest BCUT2D eigenvalue weighted by atomic mass is 32.2. The fraction of sp³-hybridized carbons (Fsp3) is 0.458. The lowest BCUT2D eigenvalue weighted by Gasteiger charge is -2.19. The Labute approximate surface area is 190 Å². The number of amides is 1. The van der Waals surface area contributed by atoms with Gasteiger partial charge in [-0.2, -0.15) is 0 Å². The summed E-state index contributed by atoms with van der Waals surface area (Å²) in [6, 6.07) is 13.8. The van der Waals surface area contributed by atoms with Gasteiger partial charge in [0.05, 0.1) is 11.0 Å². The van der Waals surface area contributed by atoms with Gasteiger partial charge in [0, 0.05) is 18.8 Å². The Bertz CT molecular complexity index is 1000. The molecule has 0 bridgehead atoms. The second-order valence-electron chi connectivity index (χ2n) is 8.11. The monoisotopic (exact) mass is 460 g/mol. The Balaban J connectivity index is 1.58. The molecule has 1 amide bonds. The maximum absolute atomic E-state index is 12.6. The van der Waals surface area contributed by atoms with Gasteiger partial charge in [0.2, 0.25) is 10.0 Å². The summed E-state index contributed by atoms with van der Waals surface area (Å²) in [5, 5.41) is 2.78. The number of hydrogen-bond donors (Lipinski definition) is 2. The van der Waals surface area contributed by atoms with Gasteiger partial charge in [0.25, 0.3) is 5.91 Å². The van der Waals surface area contributed by atoms with Crippen molar-refractivity contribution in [3.05, 3.63) is 54.1 Å². The Hall–Kier alpha value is -2.42. The van der Waals surface area contributed by atoms with Crippen LogP contribution < -0.4 is 14.8 Å². The number of nitrogens with one attached hydrogen (secondary N) is 2. The number of hydrogen-bond acceptors (Lipinski definition) is 5. The van der Waals surface area contributed by atoms with E-state index in [0.717, 1.165) is 24.8 Å². The highest BCUT2D eigenvalue weighted by Crippen LogP contribution is 2.29. The quantitative estimate of drug-likeness (QED) is 0.558. The number of rotatable bonds is 10. The van der Waals surface area contributed by atoms with Crippen molar-refractivity contribution in [2.45, 2.75) is 63.1 Å². The molecule has 0 aliphatic carbocycles. The standard InChI is InChI=1S/C24H32N2O5S/c1-4-17(2)22-9-5-6-10-23(22)31-18(3)24(27)26-19-11-13-21(14-12-19)32(28,29)25-16-20-8-7-15-30-20/h5-6,9-14,17-18,20,25H,4,7-8,15-16H2,1-3H3,(H,26,27). The molecule has 32 heavy (non-hydrogen) atoms. The van der Waals surface area contributed by atoms with Crippen LogP contribution in [-0.2, 0) is 19.6 Å². The van der Waals surface area contributed by atoms with Crippen LogP contribution in [0.25, 0.3) is 0 Å². The van der Waals surface area contributed by atoms with Crippen molar-refractivity contribution in [2.75, 3.05) is 18.5 Å². The molecule has 1 aliphatic rings. The summed E-state index contributed by atoms with van der Waals surface area (Å²) in [5.41, 5.74) is 1.57. The first-order valence-corrected chi connectivity index (χ1v) is 12.6. The van der Waals surface area contributed by atoms with E-state index in [4.69, 9.17) is 9.47 Å². The van der Waals surface area contributed by atoms with Gasteiger partial charge in [-0.3, -0.25) is 4.79 Å². The maximum atomic E-state index is 12.6. The van der Waals surface area contributed by atoms with Gasteiger partial charge in [0.1, 0.15) is 5.75 Å². The van der Waals surface area contributed by atoms with Crippen molar-refractivity contribution in [3.8, 4) is 5.75 Å². The molecule has 0 saturated carbocycles. The maximum Gasteiger partial charge on any atom is 0.265 e. The van der Waals surface area contributed by atoms with Gasteiger partial charge < -0.3 is 14.8 Å². The van der Waals surface area contributed by atoms with Crippen LogP contribution in [-0.4, -0.2) is 39.7 Å². The number of carbonyl (C=O) groups is 1. The van der Waals surface area contributed by atoms with Crippen LogP contribution in [0.15, 0.2) is 53.4 Å². The average molecular weight is 461 g/mol. The second kappa shape index (κ2) is 10.9. The Morgan fingerprint density at radius 3 is 2.53 bits per heavy atom. The molecular weight excluding hydrogens is 428 g/mol. The van der Waals surface area contributed by atoms with E-state index in [0.29, 0.717) is 24.0 Å². The Morgan fingerprint density at radius 2 is 1.88 bits per heavy atom. The van der Waals surface area contributed by atoms with E-state index >= 15 is 0 Å². The lowest BCUT2D eigenvalue weighted by molar-refractivity contribution is -0.122. The lowest BCUT2D eigenvalue weighted by Crippen LogP contribution is -2.32. The van der Waals surface area contributed by atoms with Crippen LogP contribution in [0.3, 0.4) is 0 Å². The summed E-state index contributed by atoms with van der Waals surface area (Å²) in [6.07, 6.45) is 1.99. The Kier molecular flexibility index (Phi) is 8.28. The summed E-state index contributed by atoms with van der Waals surface area (Å²) in [4.78, 5) is 12.8. The van der Waals surface area contributed by atoms with E-state index in [1.807, 2.05) is 24.3 Å². The first-order valence-electron chi connectivity index (χ1n) is 11.1. The summed E-state index contributed by atoms with van der Waals surface area (Å²) in [6.45, 7) is 6.86. The largest absolute Gasteiger partial charge is 0.481 e. The van der Waals surface area contributed by atoms with Crippen LogP contribution in [0, 0.1) is 0 Å². The molecule has 3 rings (SSSR count). The Morgan fingerprint density at radius 1 is 1.16 bits per heavy atom. The molecule has 1 heterocycles. The number of benzene rings is 2. The highest BCUT2D eigenvalue weighted by Gasteiger charge is 2.21. The van der Waals surface area contributed by atoms with Gasteiger partial charge in [0.15, 0.2) is 6.10 Å². The van der Waals surface area contributed by atoms with Crippen molar-refractivity contribution in [1.82, 2.24) is 4.72 Å². The number of sulfonamides is 1. The number of para-hydroxylation sites is 1. The number of carbonyl (C=O) groups excluding carboxylic acids is 1. The minimum Gasteiger partial charge on any atom is -0.481 e. The molecule has 0 radical (unpaired) electrons. The van der Waals surface area contributed by atoms with Gasteiger partial charge in [-0.1, -0.05) is 32.0 Å². The van der Waals surface area contributed by atoms with Crippen LogP contribution in [0.5, 0.6) is 5.75 Å². The normalized spacial score (nSPS) is 18.2. The molecule has 174 valence electrons. The fourth-order valence-electron chi connectivity index (χ4n) is 3.51. The zero-order valence-corrected chi connectivity index (χ0v) is 19.7. The van der Waals surface area contributed by atoms with Crippen molar-refractivity contribution in [2.24, 2.45) is 0 Å². The average Bonchev–Trinajstić information content (AvgIpc) is 3.32. The predicted octanol–water partition coefficient (Wildman–Crippen LogP) is 4.06. The fourth-order valence-corrected chi connectivity index (χ4v) is 4.58. The third-order valence-electron chi connectivity index (χ3n) is 5.69. The minimum atomic E-state index is -3.63. The molecule has 1 saturated heterocycles. The van der Waals surface area contributed by atoms with Crippen LogP contribution in [0.4, 0.5) is 5.69 Å². The SMILES string of the molecule is CCC(C)c1ccccc1OC(C)C(=O)Nc1ccc(S(=O)(=O)NCC2CCCO2)cc1.